The number of para-hydroxylation sites is 1. The quantitative estimate of drug-likeness (QED) is 0.417. The van der Waals surface area contributed by atoms with Crippen molar-refractivity contribution < 1.29 is 19.1 Å². The molecule has 2 atom stereocenters. The van der Waals surface area contributed by atoms with Crippen LogP contribution in [0, 0.1) is 5.92 Å². The summed E-state index contributed by atoms with van der Waals surface area (Å²) in [6.45, 7) is 4.90. The van der Waals surface area contributed by atoms with E-state index in [1.165, 1.54) is 0 Å². The zero-order valence-electron chi connectivity index (χ0n) is 20.7. The molecule has 5 nitrogen and oxygen atoms in total. The Labute approximate surface area is 212 Å². The third-order valence-electron chi connectivity index (χ3n) is 6.71. The summed E-state index contributed by atoms with van der Waals surface area (Å²) in [6.07, 6.45) is 1.32. The first kappa shape index (κ1) is 23.9. The minimum atomic E-state index is -0.270. The van der Waals surface area contributed by atoms with Crippen LogP contribution in [0.1, 0.15) is 56.1 Å². The second kappa shape index (κ2) is 10.4. The molecule has 0 bridgehead atoms. The summed E-state index contributed by atoms with van der Waals surface area (Å²) in [5, 5.41) is 3.01. The largest absolute Gasteiger partial charge is 0.493 e. The molecule has 0 spiro atoms. The molecule has 0 saturated carbocycles. The van der Waals surface area contributed by atoms with Gasteiger partial charge in [0.05, 0.1) is 6.61 Å². The predicted octanol–water partition coefficient (Wildman–Crippen LogP) is 6.52. The fourth-order valence-corrected chi connectivity index (χ4v) is 5.00. The topological polar surface area (TPSA) is 64.6 Å². The molecule has 1 amide bonds. The number of nitrogens with one attached hydrogen (secondary N) is 1. The number of hydrogen-bond donors (Lipinski definition) is 1. The number of ether oxygens (including phenoxy) is 2. The van der Waals surface area contributed by atoms with E-state index in [0.717, 1.165) is 33.9 Å². The normalized spacial score (nSPS) is 19.6. The molecule has 0 radical (unpaired) electrons. The Morgan fingerprint density at radius 1 is 0.806 bits per heavy atom. The van der Waals surface area contributed by atoms with Crippen molar-refractivity contribution in [1.29, 1.82) is 0 Å². The smallest absolute Gasteiger partial charge is 0.225 e. The van der Waals surface area contributed by atoms with Crippen molar-refractivity contribution in [3.63, 3.8) is 0 Å². The third-order valence-corrected chi connectivity index (χ3v) is 6.71. The van der Waals surface area contributed by atoms with Crippen LogP contribution in [0.15, 0.2) is 90.1 Å². The standard InChI is InChI=1S/C31H31NO4/c1-20(2)19-35-24-13-11-21(12-14-24)23-16-28-31(29(33)17-23)27(18-30(34)32-28)22-7-6-10-26(15-22)36-25-8-4-3-5-9-25/h3-15,20,23,27H,16-19H2,1-2H3,(H,32,34). The zero-order valence-corrected chi connectivity index (χ0v) is 20.7. The number of hydrogen-bond acceptors (Lipinski definition) is 4. The molecule has 0 fully saturated rings. The van der Waals surface area contributed by atoms with E-state index in [2.05, 4.69) is 19.2 Å². The lowest BCUT2D eigenvalue weighted by atomic mass is 9.73. The SMILES string of the molecule is CC(C)COc1ccc(C2CC(=O)C3=C(C2)NC(=O)CC3c2cccc(Oc3ccccc3)c2)cc1. The highest BCUT2D eigenvalue weighted by Gasteiger charge is 2.38. The van der Waals surface area contributed by atoms with Crippen LogP contribution in [0.2, 0.25) is 0 Å². The van der Waals surface area contributed by atoms with Gasteiger partial charge in [-0.1, -0.05) is 56.3 Å². The molecule has 0 saturated heterocycles. The minimum absolute atomic E-state index is 0.0298. The number of amides is 1. The number of ketones is 1. The first-order valence-corrected chi connectivity index (χ1v) is 12.6. The van der Waals surface area contributed by atoms with Gasteiger partial charge in [0, 0.05) is 30.0 Å². The highest BCUT2D eigenvalue weighted by molar-refractivity contribution is 6.02. The Morgan fingerprint density at radius 3 is 2.31 bits per heavy atom. The zero-order chi connectivity index (χ0) is 25.1. The van der Waals surface area contributed by atoms with E-state index in [4.69, 9.17) is 9.47 Å². The first-order valence-electron chi connectivity index (χ1n) is 12.6. The summed E-state index contributed by atoms with van der Waals surface area (Å²) in [5.41, 5.74) is 3.50. The van der Waals surface area contributed by atoms with Crippen LogP contribution in [0.25, 0.3) is 0 Å². The molecule has 1 aliphatic heterocycles. The fourth-order valence-electron chi connectivity index (χ4n) is 5.00. The second-order valence-corrected chi connectivity index (χ2v) is 9.99. The monoisotopic (exact) mass is 481 g/mol. The van der Waals surface area contributed by atoms with Crippen LogP contribution >= 0.6 is 0 Å². The van der Waals surface area contributed by atoms with Gasteiger partial charge in [-0.15, -0.1) is 0 Å². The summed E-state index contributed by atoms with van der Waals surface area (Å²) in [4.78, 5) is 26.2. The summed E-state index contributed by atoms with van der Waals surface area (Å²) in [7, 11) is 0. The van der Waals surface area contributed by atoms with Crippen LogP contribution in [0.3, 0.4) is 0 Å². The molecule has 5 heteroatoms. The summed E-state index contributed by atoms with van der Waals surface area (Å²) in [5.74, 6) is 2.52. The Bertz CT molecular complexity index is 1280. The number of carbonyl (C=O) groups excluding carboxylic acids is 2. The maximum absolute atomic E-state index is 13.5. The van der Waals surface area contributed by atoms with Gasteiger partial charge in [-0.3, -0.25) is 9.59 Å². The maximum atomic E-state index is 13.5. The predicted molar refractivity (Wildman–Crippen MR) is 139 cm³/mol. The maximum Gasteiger partial charge on any atom is 0.225 e. The lowest BCUT2D eigenvalue weighted by Gasteiger charge is -2.34. The van der Waals surface area contributed by atoms with Crippen molar-refractivity contribution >= 4 is 11.7 Å². The average Bonchev–Trinajstić information content (AvgIpc) is 2.88. The van der Waals surface area contributed by atoms with Crippen LogP contribution in [0.5, 0.6) is 17.2 Å². The van der Waals surface area contributed by atoms with Crippen molar-refractivity contribution in [2.75, 3.05) is 6.61 Å². The van der Waals surface area contributed by atoms with E-state index in [1.54, 1.807) is 0 Å². The molecule has 2 unspecified atom stereocenters. The first-order chi connectivity index (χ1) is 17.5. The van der Waals surface area contributed by atoms with Crippen LogP contribution in [0.4, 0.5) is 0 Å². The van der Waals surface area contributed by atoms with Gasteiger partial charge in [0.25, 0.3) is 0 Å². The van der Waals surface area contributed by atoms with Crippen LogP contribution in [-0.4, -0.2) is 18.3 Å². The third kappa shape index (κ3) is 5.35. The Kier molecular flexibility index (Phi) is 6.90. The van der Waals surface area contributed by atoms with Gasteiger partial charge in [-0.2, -0.15) is 0 Å². The molecular formula is C31H31NO4. The van der Waals surface area contributed by atoms with Crippen molar-refractivity contribution in [3.05, 3.63) is 101 Å². The van der Waals surface area contributed by atoms with E-state index >= 15 is 0 Å². The van der Waals surface area contributed by atoms with Gasteiger partial charge >= 0.3 is 0 Å². The molecule has 3 aromatic carbocycles. The van der Waals surface area contributed by atoms with E-state index < -0.39 is 0 Å². The fraction of sp³-hybridized carbons (Fsp3) is 0.290. The summed E-state index contributed by atoms with van der Waals surface area (Å²) in [6, 6.07) is 25.3. The van der Waals surface area contributed by atoms with Crippen molar-refractivity contribution in [2.45, 2.75) is 44.9 Å². The molecule has 0 aromatic heterocycles. The van der Waals surface area contributed by atoms with E-state index in [-0.39, 0.29) is 29.9 Å². The molecule has 2 aliphatic rings. The van der Waals surface area contributed by atoms with E-state index in [0.29, 0.717) is 31.1 Å². The molecular weight excluding hydrogens is 450 g/mol. The Balaban J connectivity index is 1.37. The highest BCUT2D eigenvalue weighted by atomic mass is 16.5. The number of carbonyl (C=O) groups is 2. The van der Waals surface area contributed by atoms with Crippen molar-refractivity contribution in [1.82, 2.24) is 5.32 Å². The number of benzene rings is 3. The van der Waals surface area contributed by atoms with Gasteiger partial charge in [-0.05, 0) is 65.8 Å². The molecule has 1 N–H and O–H groups in total. The van der Waals surface area contributed by atoms with Gasteiger partial charge in [-0.25, -0.2) is 0 Å². The lowest BCUT2D eigenvalue weighted by molar-refractivity contribution is -0.122. The number of rotatable bonds is 7. The van der Waals surface area contributed by atoms with Gasteiger partial charge in [0.1, 0.15) is 17.2 Å². The Hall–Kier alpha value is -3.86. The summed E-state index contributed by atoms with van der Waals surface area (Å²) < 4.78 is 11.8. The molecule has 184 valence electrons. The van der Waals surface area contributed by atoms with E-state index in [1.807, 2.05) is 78.9 Å². The molecule has 1 aliphatic carbocycles. The lowest BCUT2D eigenvalue weighted by Crippen LogP contribution is -2.38. The van der Waals surface area contributed by atoms with Gasteiger partial charge in [0.15, 0.2) is 5.78 Å². The van der Waals surface area contributed by atoms with Crippen molar-refractivity contribution in [2.24, 2.45) is 5.92 Å². The van der Waals surface area contributed by atoms with Crippen LogP contribution in [-0.2, 0) is 9.59 Å². The Morgan fingerprint density at radius 2 is 1.56 bits per heavy atom. The van der Waals surface area contributed by atoms with Gasteiger partial charge < -0.3 is 14.8 Å². The average molecular weight is 482 g/mol. The molecule has 36 heavy (non-hydrogen) atoms. The highest BCUT2D eigenvalue weighted by Crippen LogP contribution is 2.43. The van der Waals surface area contributed by atoms with Gasteiger partial charge in [0.2, 0.25) is 5.91 Å². The number of allylic oxidation sites excluding steroid dienone is 2. The molecule has 5 rings (SSSR count). The second-order valence-electron chi connectivity index (χ2n) is 9.99. The number of Topliss-reactive ketones (excluding diaryl/α,β-unsaturated/α-hetero) is 1. The van der Waals surface area contributed by atoms with E-state index in [9.17, 15) is 9.59 Å². The molecule has 1 heterocycles. The van der Waals surface area contributed by atoms with Crippen molar-refractivity contribution in [3.8, 4) is 17.2 Å². The minimum Gasteiger partial charge on any atom is -0.493 e. The molecule has 3 aromatic rings. The summed E-state index contributed by atoms with van der Waals surface area (Å²) >= 11 is 0. The van der Waals surface area contributed by atoms with Crippen LogP contribution < -0.4 is 14.8 Å².